The number of nitrogens with zero attached hydrogens (tertiary/aromatic N) is 7. The summed E-state index contributed by atoms with van der Waals surface area (Å²) in [5, 5.41) is 6.05. The Labute approximate surface area is 382 Å². The minimum Gasteiger partial charge on any atom is -0.353 e. The molecule has 344 valence electrons. The molecule has 2 aromatic heterocycles. The van der Waals surface area contributed by atoms with Gasteiger partial charge in [-0.05, 0) is 93.3 Å². The number of rotatable bonds is 17. The minimum absolute atomic E-state index is 0.00408. The van der Waals surface area contributed by atoms with Crippen molar-refractivity contribution >= 4 is 58.6 Å². The predicted molar refractivity (Wildman–Crippen MR) is 247 cm³/mol. The van der Waals surface area contributed by atoms with Gasteiger partial charge < -0.3 is 35.1 Å². The zero-order chi connectivity index (χ0) is 46.0. The number of carbonyl (C=O) groups is 4. The number of thioether (sulfide) groups is 1. The molecule has 2 saturated heterocycles. The van der Waals surface area contributed by atoms with E-state index in [-0.39, 0.29) is 47.1 Å². The number of hydrogen-bond donors (Lipinski definition) is 2. The molecule has 2 N–H and O–H groups in total. The van der Waals surface area contributed by atoms with Gasteiger partial charge in [0.15, 0.2) is 11.6 Å². The van der Waals surface area contributed by atoms with Crippen LogP contribution in [0, 0.1) is 17.5 Å². The van der Waals surface area contributed by atoms with Crippen LogP contribution >= 0.6 is 23.4 Å². The number of amides is 4. The van der Waals surface area contributed by atoms with E-state index in [2.05, 4.69) is 42.2 Å². The number of anilines is 2. The lowest BCUT2D eigenvalue weighted by Crippen LogP contribution is -2.49. The van der Waals surface area contributed by atoms with E-state index < -0.39 is 17.5 Å². The second-order valence-electron chi connectivity index (χ2n) is 15.5. The maximum Gasteiger partial charge on any atom is 0.252 e. The lowest BCUT2D eigenvalue weighted by Gasteiger charge is -2.35. The third kappa shape index (κ3) is 15.1. The van der Waals surface area contributed by atoms with Crippen molar-refractivity contribution in [2.24, 2.45) is 0 Å². The second-order valence-corrected chi connectivity index (χ2v) is 17.3. The molecule has 13 nitrogen and oxygen atoms in total. The van der Waals surface area contributed by atoms with Crippen molar-refractivity contribution in [1.29, 1.82) is 0 Å². The van der Waals surface area contributed by atoms with Crippen LogP contribution in [0.5, 0.6) is 0 Å². The molecule has 0 saturated carbocycles. The van der Waals surface area contributed by atoms with Gasteiger partial charge >= 0.3 is 0 Å². The topological polar surface area (TPSA) is 134 Å². The molecule has 0 bridgehead atoms. The molecule has 0 spiro atoms. The van der Waals surface area contributed by atoms with Crippen LogP contribution in [0.3, 0.4) is 0 Å². The van der Waals surface area contributed by atoms with Gasteiger partial charge in [0.2, 0.25) is 11.8 Å². The monoisotopic (exact) mass is 923 g/mol. The quantitative estimate of drug-likeness (QED) is 0.130. The van der Waals surface area contributed by atoms with Gasteiger partial charge in [0.05, 0.1) is 17.5 Å². The number of pyridine rings is 2. The summed E-state index contributed by atoms with van der Waals surface area (Å²) in [5.41, 5.74) is 1.89. The smallest absolute Gasteiger partial charge is 0.252 e. The van der Waals surface area contributed by atoms with Crippen molar-refractivity contribution in [3.8, 4) is 0 Å². The van der Waals surface area contributed by atoms with Crippen LogP contribution in [-0.4, -0.2) is 146 Å². The molecule has 4 heterocycles. The Morgan fingerprint density at radius 1 is 0.719 bits per heavy atom. The number of piperazine rings is 2. The first kappa shape index (κ1) is 49.6. The summed E-state index contributed by atoms with van der Waals surface area (Å²) in [7, 11) is 4.00. The van der Waals surface area contributed by atoms with E-state index in [4.69, 9.17) is 11.6 Å². The Balaban J connectivity index is 0.000000241. The summed E-state index contributed by atoms with van der Waals surface area (Å²) in [6.07, 6.45) is 4.62. The molecule has 64 heavy (non-hydrogen) atoms. The van der Waals surface area contributed by atoms with Crippen LogP contribution in [0.2, 0.25) is 5.02 Å². The first-order valence-corrected chi connectivity index (χ1v) is 23.0. The molecule has 2 aliphatic rings. The van der Waals surface area contributed by atoms with Crippen LogP contribution in [0.4, 0.5) is 24.8 Å². The van der Waals surface area contributed by atoms with Gasteiger partial charge in [0.25, 0.3) is 11.8 Å². The third-order valence-corrected chi connectivity index (χ3v) is 12.0. The summed E-state index contributed by atoms with van der Waals surface area (Å²) < 4.78 is 40.3. The van der Waals surface area contributed by atoms with Crippen molar-refractivity contribution in [3.63, 3.8) is 0 Å². The van der Waals surface area contributed by atoms with Crippen LogP contribution in [0.1, 0.15) is 51.6 Å². The fourth-order valence-corrected chi connectivity index (χ4v) is 7.80. The first-order valence-electron chi connectivity index (χ1n) is 21.5. The van der Waals surface area contributed by atoms with E-state index in [1.165, 1.54) is 18.2 Å². The number of carbonyl (C=O) groups excluding carboxylic acids is 4. The van der Waals surface area contributed by atoms with E-state index in [1.807, 2.05) is 26.2 Å². The summed E-state index contributed by atoms with van der Waals surface area (Å²) >= 11 is 7.82. The summed E-state index contributed by atoms with van der Waals surface area (Å²) in [6.45, 7) is 8.91. The van der Waals surface area contributed by atoms with Crippen LogP contribution in [-0.2, 0) is 22.4 Å². The molecule has 0 unspecified atom stereocenters. The van der Waals surface area contributed by atoms with E-state index in [0.717, 1.165) is 48.2 Å². The molecule has 2 aliphatic heterocycles. The van der Waals surface area contributed by atoms with Crippen molar-refractivity contribution in [1.82, 2.24) is 35.3 Å². The van der Waals surface area contributed by atoms with E-state index in [9.17, 15) is 32.3 Å². The van der Waals surface area contributed by atoms with Gasteiger partial charge in [-0.3, -0.25) is 19.2 Å². The number of benzene rings is 2. The predicted octanol–water partition coefficient (Wildman–Crippen LogP) is 5.57. The number of halogens is 4. The Morgan fingerprint density at radius 3 is 1.81 bits per heavy atom. The number of nitrogens with one attached hydrogen (secondary N) is 2. The highest BCUT2D eigenvalue weighted by molar-refractivity contribution is 7.99. The molecule has 4 amide bonds. The highest BCUT2D eigenvalue weighted by Gasteiger charge is 2.25. The fraction of sp³-hybridized carbons (Fsp3) is 0.435. The number of aryl methyl sites for hydroxylation is 1. The lowest BCUT2D eigenvalue weighted by atomic mass is 10.1. The van der Waals surface area contributed by atoms with Gasteiger partial charge in [-0.1, -0.05) is 30.7 Å². The fourth-order valence-electron chi connectivity index (χ4n) is 7.04. The Morgan fingerprint density at radius 2 is 1.30 bits per heavy atom. The molecular formula is C46H57ClF3N9O4S. The zero-order valence-corrected chi connectivity index (χ0v) is 38.2. The van der Waals surface area contributed by atoms with E-state index in [1.54, 1.807) is 52.2 Å². The molecule has 2 aromatic carbocycles. The van der Waals surface area contributed by atoms with Crippen molar-refractivity contribution in [3.05, 3.63) is 118 Å². The van der Waals surface area contributed by atoms with E-state index in [0.29, 0.717) is 88.6 Å². The normalized spacial score (nSPS) is 13.9. The largest absolute Gasteiger partial charge is 0.353 e. The highest BCUT2D eigenvalue weighted by atomic mass is 35.5. The lowest BCUT2D eigenvalue weighted by molar-refractivity contribution is -0.132. The average Bonchev–Trinajstić information content (AvgIpc) is 3.31. The third-order valence-electron chi connectivity index (χ3n) is 10.7. The highest BCUT2D eigenvalue weighted by Crippen LogP contribution is 2.22. The zero-order valence-electron chi connectivity index (χ0n) is 36.6. The SMILES string of the molecule is CCSCCNC(=O)c1ccc(N2CCN(C(=O)CCc3ccc(F)c(F)c3)CC2)nc1.CN(C)CCCNC(=O)c1ccc(N2CCN(C(=O)Cc3c(F)cccc3Cl)CC2)nc1. The van der Waals surface area contributed by atoms with E-state index >= 15 is 0 Å². The van der Waals surface area contributed by atoms with Crippen molar-refractivity contribution < 1.29 is 32.3 Å². The summed E-state index contributed by atoms with van der Waals surface area (Å²) in [6, 6.07) is 15.3. The summed E-state index contributed by atoms with van der Waals surface area (Å²) in [4.78, 5) is 68.1. The van der Waals surface area contributed by atoms with Crippen molar-refractivity contribution in [2.45, 2.75) is 32.6 Å². The minimum atomic E-state index is -0.893. The van der Waals surface area contributed by atoms with Gasteiger partial charge in [-0.2, -0.15) is 11.8 Å². The van der Waals surface area contributed by atoms with Gasteiger partial charge in [0.1, 0.15) is 17.5 Å². The molecule has 2 fully saturated rings. The molecule has 0 radical (unpaired) electrons. The summed E-state index contributed by atoms with van der Waals surface area (Å²) in [5.74, 6) is 0.797. The maximum absolute atomic E-state index is 14.0. The van der Waals surface area contributed by atoms with Gasteiger partial charge in [-0.25, -0.2) is 23.1 Å². The van der Waals surface area contributed by atoms with Crippen LogP contribution < -0.4 is 20.4 Å². The molecule has 0 atom stereocenters. The van der Waals surface area contributed by atoms with Crippen molar-refractivity contribution in [2.75, 3.05) is 107 Å². The first-order chi connectivity index (χ1) is 30.8. The maximum atomic E-state index is 14.0. The number of aromatic nitrogens is 2. The van der Waals surface area contributed by atoms with Gasteiger partial charge in [-0.15, -0.1) is 0 Å². The second kappa shape index (κ2) is 25.2. The molecule has 18 heteroatoms. The standard InChI is InChI=1S/C23H29ClFN5O2.C23H28F2N4O2S/c1-28(2)10-4-9-26-23(32)17-7-8-21(27-16-17)29-11-13-30(14-12-29)22(31)15-18-19(24)5-3-6-20(18)25;1-2-32-14-9-26-23(31)18-5-7-21(27-16-18)28-10-12-29(13-11-28)22(30)8-4-17-3-6-19(24)20(25)15-17/h3,5-8,16H,4,9-15H2,1-2H3,(H,26,32);3,5-7,15-16H,2,4,8-14H2,1H3,(H,26,31). The molecule has 6 rings (SSSR count). The molecule has 0 aliphatic carbocycles. The Hall–Kier alpha value is -5.39. The Kier molecular flexibility index (Phi) is 19.5. The van der Waals surface area contributed by atoms with Gasteiger partial charge in [0, 0.05) is 101 Å². The molecule has 4 aromatic rings. The van der Waals surface area contributed by atoms with Crippen LogP contribution in [0.15, 0.2) is 73.1 Å². The Bertz CT molecular complexity index is 2140. The average molecular weight is 925 g/mol. The number of hydrogen-bond acceptors (Lipinski definition) is 10. The van der Waals surface area contributed by atoms with Crippen LogP contribution in [0.25, 0.3) is 0 Å². The molecular weight excluding hydrogens is 867 g/mol.